The summed E-state index contributed by atoms with van der Waals surface area (Å²) in [4.78, 5) is 32.7. The van der Waals surface area contributed by atoms with Crippen LogP contribution < -0.4 is 5.56 Å². The summed E-state index contributed by atoms with van der Waals surface area (Å²) < 4.78 is 15.0. The molecule has 2 heterocycles. The number of Topliss-reactive ketones (excluding diaryl/α,β-unsaturated/α-hetero) is 1. The number of hydrogen-bond donors (Lipinski definition) is 0. The van der Waals surface area contributed by atoms with Crippen molar-refractivity contribution in [3.05, 3.63) is 85.5 Å². The van der Waals surface area contributed by atoms with Gasteiger partial charge in [-0.3, -0.25) is 14.2 Å². The molecule has 2 aromatic heterocycles. The average molecular weight is 435 g/mol. The number of aryl methyl sites for hydroxylation is 5. The molecule has 0 fully saturated rings. The summed E-state index contributed by atoms with van der Waals surface area (Å²) >= 11 is 1.49. The first kappa shape index (κ1) is 21.1. The number of carbonyl (C=O) groups is 1. The lowest BCUT2D eigenvalue weighted by molar-refractivity contribution is 0.0969. The van der Waals surface area contributed by atoms with E-state index in [1.165, 1.54) is 39.7 Å². The van der Waals surface area contributed by atoms with Crippen LogP contribution in [0.5, 0.6) is 0 Å². The van der Waals surface area contributed by atoms with Gasteiger partial charge in [0.1, 0.15) is 16.5 Å². The molecule has 4 nitrogen and oxygen atoms in total. The van der Waals surface area contributed by atoms with Gasteiger partial charge in [-0.15, -0.1) is 11.3 Å². The Morgan fingerprint density at radius 1 is 1.00 bits per heavy atom. The largest absolute Gasteiger partial charge is 0.292 e. The molecule has 0 saturated carbocycles. The van der Waals surface area contributed by atoms with Gasteiger partial charge in [-0.25, -0.2) is 9.37 Å². The van der Waals surface area contributed by atoms with Gasteiger partial charge in [0.2, 0.25) is 0 Å². The summed E-state index contributed by atoms with van der Waals surface area (Å²) in [5, 5.41) is 0.541. The standard InChI is InChI=1S/C25H23FN2O2S/c1-13-6-7-19(10-14(13)2)22-16(4)31-24-23(22)25(30)28(17(5)27-24)12-21(29)18-8-9-20(26)15(3)11-18/h6-11H,12H2,1-5H3. The summed E-state index contributed by atoms with van der Waals surface area (Å²) in [6, 6.07) is 10.4. The van der Waals surface area contributed by atoms with Crippen LogP contribution in [0.2, 0.25) is 0 Å². The highest BCUT2D eigenvalue weighted by Crippen LogP contribution is 2.36. The number of nitrogens with zero attached hydrogens (tertiary/aromatic N) is 2. The van der Waals surface area contributed by atoms with Crippen LogP contribution in [0.1, 0.15) is 37.7 Å². The van der Waals surface area contributed by atoms with E-state index in [0.29, 0.717) is 27.2 Å². The second-order valence-electron chi connectivity index (χ2n) is 7.95. The summed E-state index contributed by atoms with van der Waals surface area (Å²) in [6.07, 6.45) is 0. The molecule has 4 aromatic rings. The highest BCUT2D eigenvalue weighted by Gasteiger charge is 2.20. The second-order valence-corrected chi connectivity index (χ2v) is 9.15. The molecule has 0 aliphatic heterocycles. The molecule has 0 atom stereocenters. The first-order valence-corrected chi connectivity index (χ1v) is 10.9. The minimum atomic E-state index is -0.361. The van der Waals surface area contributed by atoms with Crippen molar-refractivity contribution in [2.24, 2.45) is 0 Å². The monoisotopic (exact) mass is 434 g/mol. The van der Waals surface area contributed by atoms with Crippen molar-refractivity contribution < 1.29 is 9.18 Å². The number of benzene rings is 2. The zero-order chi connectivity index (χ0) is 22.4. The molecule has 2 aromatic carbocycles. The average Bonchev–Trinajstić information content (AvgIpc) is 3.05. The smallest absolute Gasteiger partial charge is 0.263 e. The molecule has 0 N–H and O–H groups in total. The Kier molecular flexibility index (Phi) is 5.35. The number of rotatable bonds is 4. The maximum Gasteiger partial charge on any atom is 0.263 e. The Morgan fingerprint density at radius 2 is 1.74 bits per heavy atom. The minimum Gasteiger partial charge on any atom is -0.292 e. The zero-order valence-corrected chi connectivity index (χ0v) is 19.0. The van der Waals surface area contributed by atoms with Crippen LogP contribution in [0, 0.1) is 40.4 Å². The summed E-state index contributed by atoms with van der Waals surface area (Å²) in [5.41, 5.74) is 4.73. The molecule has 31 heavy (non-hydrogen) atoms. The van der Waals surface area contributed by atoms with Crippen LogP contribution in [0.4, 0.5) is 4.39 Å². The van der Waals surface area contributed by atoms with E-state index in [9.17, 15) is 14.0 Å². The number of fused-ring (bicyclic) bond motifs is 1. The Hall–Kier alpha value is -3.12. The molecule has 4 rings (SSSR count). The second kappa shape index (κ2) is 7.85. The minimum absolute atomic E-state index is 0.139. The van der Waals surface area contributed by atoms with Gasteiger partial charge in [0, 0.05) is 16.0 Å². The zero-order valence-electron chi connectivity index (χ0n) is 18.2. The van der Waals surface area contributed by atoms with Crippen molar-refractivity contribution >= 4 is 27.3 Å². The van der Waals surface area contributed by atoms with E-state index in [0.717, 1.165) is 21.6 Å². The Labute approximate surface area is 184 Å². The van der Waals surface area contributed by atoms with E-state index in [1.807, 2.05) is 26.0 Å². The van der Waals surface area contributed by atoms with Gasteiger partial charge in [0.25, 0.3) is 5.56 Å². The van der Waals surface area contributed by atoms with Crippen LogP contribution in [0.25, 0.3) is 21.3 Å². The van der Waals surface area contributed by atoms with Crippen molar-refractivity contribution in [3.8, 4) is 11.1 Å². The number of aromatic nitrogens is 2. The van der Waals surface area contributed by atoms with Crippen molar-refractivity contribution in [1.29, 1.82) is 0 Å². The predicted molar refractivity (Wildman–Crippen MR) is 124 cm³/mol. The van der Waals surface area contributed by atoms with Crippen molar-refractivity contribution in [2.45, 2.75) is 41.2 Å². The molecule has 0 aliphatic carbocycles. The highest BCUT2D eigenvalue weighted by atomic mass is 32.1. The van der Waals surface area contributed by atoms with Gasteiger partial charge in [-0.05, 0) is 75.1 Å². The molecule has 0 unspecified atom stereocenters. The lowest BCUT2D eigenvalue weighted by Crippen LogP contribution is -2.27. The molecular weight excluding hydrogens is 411 g/mol. The van der Waals surface area contributed by atoms with E-state index in [1.54, 1.807) is 13.8 Å². The van der Waals surface area contributed by atoms with E-state index in [4.69, 9.17) is 0 Å². The van der Waals surface area contributed by atoms with Crippen LogP contribution in [0.3, 0.4) is 0 Å². The lowest BCUT2D eigenvalue weighted by atomic mass is 9.99. The Bertz CT molecular complexity index is 1420. The molecule has 0 aliphatic rings. The predicted octanol–water partition coefficient (Wildman–Crippen LogP) is 5.69. The maximum absolute atomic E-state index is 13.6. The third-order valence-corrected chi connectivity index (χ3v) is 6.75. The van der Waals surface area contributed by atoms with Crippen molar-refractivity contribution in [2.75, 3.05) is 0 Å². The number of ketones is 1. The van der Waals surface area contributed by atoms with Crippen LogP contribution in [-0.4, -0.2) is 15.3 Å². The Morgan fingerprint density at radius 3 is 2.42 bits per heavy atom. The topological polar surface area (TPSA) is 52.0 Å². The molecule has 158 valence electrons. The summed E-state index contributed by atoms with van der Waals surface area (Å²) in [7, 11) is 0. The van der Waals surface area contributed by atoms with Crippen molar-refractivity contribution in [3.63, 3.8) is 0 Å². The quantitative estimate of drug-likeness (QED) is 0.388. The van der Waals surface area contributed by atoms with Gasteiger partial charge in [-0.2, -0.15) is 0 Å². The van der Waals surface area contributed by atoms with Gasteiger partial charge in [0.05, 0.1) is 11.9 Å². The fourth-order valence-electron chi connectivity index (χ4n) is 3.78. The van der Waals surface area contributed by atoms with Crippen LogP contribution in [0.15, 0.2) is 41.2 Å². The van der Waals surface area contributed by atoms with Gasteiger partial charge < -0.3 is 0 Å². The van der Waals surface area contributed by atoms with E-state index < -0.39 is 0 Å². The molecule has 0 spiro atoms. The number of hydrogen-bond acceptors (Lipinski definition) is 4. The van der Waals surface area contributed by atoms with Gasteiger partial charge in [0.15, 0.2) is 5.78 Å². The number of thiophene rings is 1. The fourth-order valence-corrected chi connectivity index (χ4v) is 4.86. The number of halogens is 1. The summed E-state index contributed by atoms with van der Waals surface area (Å²) in [6.45, 7) is 9.30. The first-order valence-electron chi connectivity index (χ1n) is 10.0. The van der Waals surface area contributed by atoms with E-state index in [-0.39, 0.29) is 23.7 Å². The molecule has 6 heteroatoms. The van der Waals surface area contributed by atoms with E-state index in [2.05, 4.69) is 18.0 Å². The molecule has 0 bridgehead atoms. The lowest BCUT2D eigenvalue weighted by Gasteiger charge is -2.11. The van der Waals surface area contributed by atoms with Crippen LogP contribution >= 0.6 is 11.3 Å². The Balaban J connectivity index is 1.85. The normalized spacial score (nSPS) is 11.3. The third-order valence-electron chi connectivity index (χ3n) is 5.76. The van der Waals surface area contributed by atoms with E-state index >= 15 is 0 Å². The SMILES string of the molecule is Cc1ccc(-c2c(C)sc3nc(C)n(CC(=O)c4ccc(F)c(C)c4)c(=O)c23)cc1C. The molecule has 0 amide bonds. The number of carbonyl (C=O) groups excluding carboxylic acids is 1. The van der Waals surface area contributed by atoms with Crippen LogP contribution in [-0.2, 0) is 6.54 Å². The van der Waals surface area contributed by atoms with Crippen molar-refractivity contribution in [1.82, 2.24) is 9.55 Å². The first-order chi connectivity index (χ1) is 14.7. The molecule has 0 radical (unpaired) electrons. The van der Waals surface area contributed by atoms with Gasteiger partial charge in [-0.1, -0.05) is 18.2 Å². The highest BCUT2D eigenvalue weighted by molar-refractivity contribution is 7.19. The summed E-state index contributed by atoms with van der Waals surface area (Å²) in [5.74, 6) is -0.133. The molecule has 0 saturated heterocycles. The third kappa shape index (κ3) is 3.72. The maximum atomic E-state index is 13.6. The van der Waals surface area contributed by atoms with Gasteiger partial charge >= 0.3 is 0 Å². The molecular formula is C25H23FN2O2S. The fraction of sp³-hybridized carbons (Fsp3) is 0.240.